The third-order valence-electron chi connectivity index (χ3n) is 4.52. The summed E-state index contributed by atoms with van der Waals surface area (Å²) < 4.78 is 0. The van der Waals surface area contributed by atoms with Gasteiger partial charge in [-0.2, -0.15) is 0 Å². The Labute approximate surface area is 140 Å². The molecule has 124 valence electrons. The molecule has 23 heavy (non-hydrogen) atoms. The molecule has 0 heterocycles. The van der Waals surface area contributed by atoms with Gasteiger partial charge in [0.25, 0.3) is 0 Å². The van der Waals surface area contributed by atoms with E-state index >= 15 is 0 Å². The zero-order chi connectivity index (χ0) is 16.7. The highest BCUT2D eigenvalue weighted by atomic mass is 16.3. The highest BCUT2D eigenvalue weighted by Gasteiger charge is 2.32. The van der Waals surface area contributed by atoms with E-state index in [1.54, 1.807) is 0 Å². The molecule has 2 atom stereocenters. The molecule has 0 amide bonds. The van der Waals surface area contributed by atoms with E-state index in [1.165, 1.54) is 11.1 Å². The van der Waals surface area contributed by atoms with Crippen molar-refractivity contribution in [3.05, 3.63) is 71.8 Å². The first kappa shape index (κ1) is 17.7. The van der Waals surface area contributed by atoms with Gasteiger partial charge in [0, 0.05) is 5.92 Å². The number of rotatable bonds is 8. The van der Waals surface area contributed by atoms with Gasteiger partial charge in [-0.15, -0.1) is 0 Å². The molecule has 0 spiro atoms. The molecule has 0 radical (unpaired) electrons. The molecule has 0 aliphatic carbocycles. The fourth-order valence-electron chi connectivity index (χ4n) is 3.16. The summed E-state index contributed by atoms with van der Waals surface area (Å²) in [4.78, 5) is 2.17. The second-order valence-corrected chi connectivity index (χ2v) is 6.92. The van der Waals surface area contributed by atoms with E-state index in [4.69, 9.17) is 0 Å². The molecule has 0 fully saturated rings. The van der Waals surface area contributed by atoms with Crippen molar-refractivity contribution in [2.75, 3.05) is 20.6 Å². The summed E-state index contributed by atoms with van der Waals surface area (Å²) in [6, 6.07) is 20.9. The first-order valence-corrected chi connectivity index (χ1v) is 8.45. The van der Waals surface area contributed by atoms with Crippen molar-refractivity contribution in [3.63, 3.8) is 0 Å². The molecule has 0 unspecified atom stereocenters. The minimum Gasteiger partial charge on any atom is -0.390 e. The summed E-state index contributed by atoms with van der Waals surface area (Å²) in [7, 11) is 4.15. The van der Waals surface area contributed by atoms with Crippen LogP contribution in [0.25, 0.3) is 0 Å². The summed E-state index contributed by atoms with van der Waals surface area (Å²) in [5.74, 6) is 0.105. The van der Waals surface area contributed by atoms with Crippen molar-refractivity contribution < 1.29 is 5.11 Å². The monoisotopic (exact) mass is 311 g/mol. The van der Waals surface area contributed by atoms with Gasteiger partial charge in [-0.05, 0) is 58.0 Å². The lowest BCUT2D eigenvalue weighted by Gasteiger charge is -2.34. The second kappa shape index (κ2) is 8.28. The molecule has 0 saturated carbocycles. The van der Waals surface area contributed by atoms with Crippen LogP contribution in [0.3, 0.4) is 0 Å². The maximum Gasteiger partial charge on any atom is 0.0691 e. The Morgan fingerprint density at radius 1 is 0.957 bits per heavy atom. The van der Waals surface area contributed by atoms with Crippen LogP contribution in [0.2, 0.25) is 0 Å². The van der Waals surface area contributed by atoms with Crippen LogP contribution >= 0.6 is 0 Å². The lowest BCUT2D eigenvalue weighted by atomic mass is 9.77. The maximum atomic E-state index is 11.2. The van der Waals surface area contributed by atoms with Crippen molar-refractivity contribution in [2.24, 2.45) is 0 Å². The first-order valence-electron chi connectivity index (χ1n) is 8.45. The van der Waals surface area contributed by atoms with Gasteiger partial charge >= 0.3 is 0 Å². The zero-order valence-corrected chi connectivity index (χ0v) is 14.6. The maximum absolute atomic E-state index is 11.2. The fourth-order valence-corrected chi connectivity index (χ4v) is 3.16. The standard InChI is InChI=1S/C21H29NO/c1-21(23,15-10-16-22(2)3)20(19-13-8-5-9-14-19)17-18-11-6-4-7-12-18/h4-9,11-14,20,23H,10,15-17H2,1-3H3/t20-,21+/m1/s1. The van der Waals surface area contributed by atoms with E-state index in [0.29, 0.717) is 0 Å². The van der Waals surface area contributed by atoms with E-state index in [-0.39, 0.29) is 5.92 Å². The summed E-state index contributed by atoms with van der Waals surface area (Å²) in [6.07, 6.45) is 2.66. The van der Waals surface area contributed by atoms with Crippen molar-refractivity contribution in [1.82, 2.24) is 4.90 Å². The van der Waals surface area contributed by atoms with E-state index in [1.807, 2.05) is 19.1 Å². The molecule has 0 aliphatic rings. The van der Waals surface area contributed by atoms with Crippen LogP contribution in [0, 0.1) is 0 Å². The van der Waals surface area contributed by atoms with Crippen LogP contribution in [0.15, 0.2) is 60.7 Å². The molecule has 2 heteroatoms. The van der Waals surface area contributed by atoms with Gasteiger partial charge < -0.3 is 10.0 Å². The van der Waals surface area contributed by atoms with Crippen LogP contribution in [-0.2, 0) is 6.42 Å². The number of hydrogen-bond acceptors (Lipinski definition) is 2. The van der Waals surface area contributed by atoms with Crippen molar-refractivity contribution >= 4 is 0 Å². The fraction of sp³-hybridized carbons (Fsp3) is 0.429. The highest BCUT2D eigenvalue weighted by molar-refractivity contribution is 5.27. The molecule has 1 N–H and O–H groups in total. The Kier molecular flexibility index (Phi) is 6.37. The predicted molar refractivity (Wildman–Crippen MR) is 97.7 cm³/mol. The van der Waals surface area contributed by atoms with Crippen molar-refractivity contribution in [2.45, 2.75) is 37.7 Å². The van der Waals surface area contributed by atoms with Gasteiger partial charge in [-0.25, -0.2) is 0 Å². The van der Waals surface area contributed by atoms with Crippen LogP contribution in [0.1, 0.15) is 36.8 Å². The third-order valence-corrected chi connectivity index (χ3v) is 4.52. The molecule has 2 nitrogen and oxygen atoms in total. The smallest absolute Gasteiger partial charge is 0.0691 e. The third kappa shape index (κ3) is 5.49. The molecule has 0 saturated heterocycles. The SMILES string of the molecule is CN(C)CCC[C@](C)(O)[C@H](Cc1ccccc1)c1ccccc1. The average molecular weight is 311 g/mol. The molecule has 0 aromatic heterocycles. The molecular weight excluding hydrogens is 282 g/mol. The first-order chi connectivity index (χ1) is 11.0. The Hall–Kier alpha value is -1.64. The van der Waals surface area contributed by atoms with Gasteiger partial charge in [0.05, 0.1) is 5.60 Å². The van der Waals surface area contributed by atoms with Gasteiger partial charge in [-0.3, -0.25) is 0 Å². The topological polar surface area (TPSA) is 23.5 Å². The highest BCUT2D eigenvalue weighted by Crippen LogP contribution is 2.35. The quantitative estimate of drug-likeness (QED) is 0.793. The molecule has 0 aliphatic heterocycles. The van der Waals surface area contributed by atoms with Crippen molar-refractivity contribution in [3.8, 4) is 0 Å². The Morgan fingerprint density at radius 3 is 2.09 bits per heavy atom. The van der Waals surface area contributed by atoms with Crippen LogP contribution in [0.4, 0.5) is 0 Å². The van der Waals surface area contributed by atoms with Gasteiger partial charge in [0.1, 0.15) is 0 Å². The molecule has 0 bridgehead atoms. The lowest BCUT2D eigenvalue weighted by molar-refractivity contribution is 0.0184. The Balaban J connectivity index is 2.18. The van der Waals surface area contributed by atoms with Crippen molar-refractivity contribution in [1.29, 1.82) is 0 Å². The molecule has 2 rings (SSSR count). The van der Waals surface area contributed by atoms with E-state index in [9.17, 15) is 5.11 Å². The minimum absolute atomic E-state index is 0.105. The van der Waals surface area contributed by atoms with Crippen LogP contribution in [-0.4, -0.2) is 36.2 Å². The summed E-state index contributed by atoms with van der Waals surface area (Å²) in [5, 5.41) is 11.2. The predicted octanol–water partition coefficient (Wildman–Crippen LogP) is 4.11. The Morgan fingerprint density at radius 2 is 1.52 bits per heavy atom. The van der Waals surface area contributed by atoms with Crippen LogP contribution < -0.4 is 0 Å². The summed E-state index contributed by atoms with van der Waals surface area (Å²) in [5.41, 5.74) is 1.77. The van der Waals surface area contributed by atoms with Gasteiger partial charge in [0.2, 0.25) is 0 Å². The molecular formula is C21H29NO. The Bertz CT molecular complexity index is 563. The number of benzene rings is 2. The lowest BCUT2D eigenvalue weighted by Crippen LogP contribution is -2.35. The zero-order valence-electron chi connectivity index (χ0n) is 14.6. The normalized spacial score (nSPS) is 15.3. The average Bonchev–Trinajstić information content (AvgIpc) is 2.54. The minimum atomic E-state index is -0.715. The summed E-state index contributed by atoms with van der Waals surface area (Å²) in [6.45, 7) is 2.99. The molecule has 2 aromatic carbocycles. The number of aliphatic hydroxyl groups is 1. The van der Waals surface area contributed by atoms with E-state index < -0.39 is 5.60 Å². The molecule has 2 aromatic rings. The largest absolute Gasteiger partial charge is 0.390 e. The second-order valence-electron chi connectivity index (χ2n) is 6.92. The van der Waals surface area contributed by atoms with Gasteiger partial charge in [-0.1, -0.05) is 60.7 Å². The van der Waals surface area contributed by atoms with Gasteiger partial charge in [0.15, 0.2) is 0 Å². The van der Waals surface area contributed by atoms with Crippen LogP contribution in [0.5, 0.6) is 0 Å². The number of hydrogen-bond donors (Lipinski definition) is 1. The summed E-state index contributed by atoms with van der Waals surface area (Å²) >= 11 is 0. The van der Waals surface area contributed by atoms with E-state index in [2.05, 4.69) is 67.5 Å². The number of nitrogens with zero attached hydrogens (tertiary/aromatic N) is 1. The van der Waals surface area contributed by atoms with E-state index in [0.717, 1.165) is 25.8 Å².